The van der Waals surface area contributed by atoms with Crippen LogP contribution in [0.15, 0.2) is 18.5 Å². The van der Waals surface area contributed by atoms with Crippen molar-refractivity contribution < 1.29 is 14.3 Å². The molecule has 0 saturated heterocycles. The van der Waals surface area contributed by atoms with Crippen molar-refractivity contribution in [2.75, 3.05) is 6.61 Å². The Morgan fingerprint density at radius 2 is 2.22 bits per heavy atom. The van der Waals surface area contributed by atoms with Crippen LogP contribution < -0.4 is 0 Å². The monoisotopic (exact) mass is 249 g/mol. The van der Waals surface area contributed by atoms with Crippen LogP contribution in [0.4, 0.5) is 0 Å². The van der Waals surface area contributed by atoms with E-state index in [1.807, 2.05) is 0 Å². The number of carbonyl (C=O) groups is 2. The Morgan fingerprint density at radius 1 is 1.44 bits per heavy atom. The van der Waals surface area contributed by atoms with Crippen LogP contribution in [0.2, 0.25) is 0 Å². The highest BCUT2D eigenvalue weighted by atomic mass is 16.5. The summed E-state index contributed by atoms with van der Waals surface area (Å²) in [6.07, 6.45) is 7.41. The molecule has 18 heavy (non-hydrogen) atoms. The first-order valence-electron chi connectivity index (χ1n) is 6.56. The molecule has 0 atom stereocenters. The van der Waals surface area contributed by atoms with Crippen LogP contribution in [0, 0.1) is 5.92 Å². The molecule has 1 saturated carbocycles. The molecular formula is C14H19NO3. The number of hydrogen-bond acceptors (Lipinski definition) is 3. The van der Waals surface area contributed by atoms with Gasteiger partial charge in [-0.15, -0.1) is 0 Å². The molecule has 4 nitrogen and oxygen atoms in total. The van der Waals surface area contributed by atoms with Gasteiger partial charge in [0, 0.05) is 23.9 Å². The number of ketones is 1. The molecule has 0 aliphatic heterocycles. The largest absolute Gasteiger partial charge is 0.464 e. The summed E-state index contributed by atoms with van der Waals surface area (Å²) in [5, 5.41) is 0. The van der Waals surface area contributed by atoms with Gasteiger partial charge < -0.3 is 9.30 Å². The number of Topliss-reactive ketones (excluding diaryl/α,β-unsaturated/α-hetero) is 1. The second kappa shape index (κ2) is 5.85. The van der Waals surface area contributed by atoms with Crippen molar-refractivity contribution in [3.63, 3.8) is 0 Å². The Labute approximate surface area is 107 Å². The van der Waals surface area contributed by atoms with E-state index >= 15 is 0 Å². The lowest BCUT2D eigenvalue weighted by atomic mass is 10.1. The Hall–Kier alpha value is -1.58. The molecule has 0 aromatic carbocycles. The summed E-state index contributed by atoms with van der Waals surface area (Å²) in [5.41, 5.74) is 0.707. The van der Waals surface area contributed by atoms with Gasteiger partial charge in [0.15, 0.2) is 5.78 Å². The highest BCUT2D eigenvalue weighted by Gasteiger charge is 2.30. The molecular weight excluding hydrogens is 230 g/mol. The van der Waals surface area contributed by atoms with Crippen LogP contribution in [0.3, 0.4) is 0 Å². The van der Waals surface area contributed by atoms with Gasteiger partial charge in [-0.25, -0.2) is 0 Å². The summed E-state index contributed by atoms with van der Waals surface area (Å²) in [5.74, 6) is 0.176. The summed E-state index contributed by atoms with van der Waals surface area (Å²) >= 11 is 0. The number of ether oxygens (including phenoxy) is 1. The fourth-order valence-corrected chi connectivity index (χ4v) is 1.79. The maximum Gasteiger partial charge on any atom is 0.325 e. The first kappa shape index (κ1) is 12.9. The van der Waals surface area contributed by atoms with Crippen molar-refractivity contribution in [1.82, 2.24) is 4.57 Å². The van der Waals surface area contributed by atoms with Crippen LogP contribution in [-0.4, -0.2) is 22.9 Å². The van der Waals surface area contributed by atoms with E-state index in [4.69, 9.17) is 4.74 Å². The topological polar surface area (TPSA) is 48.3 Å². The normalized spacial score (nSPS) is 14.5. The molecule has 0 N–H and O–H groups in total. The Morgan fingerprint density at radius 3 is 2.89 bits per heavy atom. The van der Waals surface area contributed by atoms with Gasteiger partial charge in [0.1, 0.15) is 6.54 Å². The van der Waals surface area contributed by atoms with E-state index in [0.717, 1.165) is 25.7 Å². The van der Waals surface area contributed by atoms with Crippen LogP contribution in [-0.2, 0) is 16.1 Å². The van der Waals surface area contributed by atoms with Gasteiger partial charge in [-0.2, -0.15) is 0 Å². The molecule has 0 spiro atoms. The maximum atomic E-state index is 11.8. The molecule has 0 unspecified atom stereocenters. The predicted octanol–water partition coefficient (Wildman–Crippen LogP) is 2.42. The van der Waals surface area contributed by atoms with Crippen LogP contribution >= 0.6 is 0 Å². The molecule has 2 rings (SSSR count). The standard InChI is InChI=1S/C14H19NO3/c1-2-3-8-18-13(16)10-15-7-6-12(9-15)14(17)11-4-5-11/h6-7,9,11H,2-5,8,10H2,1H3. The summed E-state index contributed by atoms with van der Waals surface area (Å²) < 4.78 is 6.78. The Bertz CT molecular complexity index is 432. The fraction of sp³-hybridized carbons (Fsp3) is 0.571. The third-order valence-corrected chi connectivity index (χ3v) is 3.06. The first-order valence-corrected chi connectivity index (χ1v) is 6.56. The minimum atomic E-state index is -0.246. The van der Waals surface area contributed by atoms with Crippen LogP contribution in [0.5, 0.6) is 0 Å². The van der Waals surface area contributed by atoms with Crippen LogP contribution in [0.25, 0.3) is 0 Å². The Kier molecular flexibility index (Phi) is 4.18. The molecule has 0 radical (unpaired) electrons. The van der Waals surface area contributed by atoms with Gasteiger partial charge >= 0.3 is 5.97 Å². The van der Waals surface area contributed by atoms with Crippen molar-refractivity contribution >= 4 is 11.8 Å². The van der Waals surface area contributed by atoms with Crippen molar-refractivity contribution in [3.8, 4) is 0 Å². The van der Waals surface area contributed by atoms with E-state index in [2.05, 4.69) is 6.92 Å². The summed E-state index contributed by atoms with van der Waals surface area (Å²) in [6.45, 7) is 2.71. The molecule has 1 aromatic rings. The Balaban J connectivity index is 1.82. The van der Waals surface area contributed by atoms with E-state index in [1.165, 1.54) is 0 Å². The third kappa shape index (κ3) is 3.45. The molecule has 0 bridgehead atoms. The van der Waals surface area contributed by atoms with Crippen molar-refractivity contribution in [1.29, 1.82) is 0 Å². The number of esters is 1. The van der Waals surface area contributed by atoms with E-state index in [1.54, 1.807) is 23.0 Å². The zero-order valence-corrected chi connectivity index (χ0v) is 10.7. The number of unbranched alkanes of at least 4 members (excludes halogenated alkanes) is 1. The van der Waals surface area contributed by atoms with Gasteiger partial charge in [-0.05, 0) is 25.3 Å². The molecule has 1 heterocycles. The summed E-state index contributed by atoms with van der Waals surface area (Å²) in [7, 11) is 0. The van der Waals surface area contributed by atoms with Gasteiger partial charge in [0.05, 0.1) is 6.61 Å². The average molecular weight is 249 g/mol. The molecule has 1 fully saturated rings. The van der Waals surface area contributed by atoms with Gasteiger partial charge in [0.25, 0.3) is 0 Å². The molecule has 4 heteroatoms. The molecule has 1 aromatic heterocycles. The molecule has 98 valence electrons. The second-order valence-corrected chi connectivity index (χ2v) is 4.79. The highest BCUT2D eigenvalue weighted by molar-refractivity contribution is 5.99. The van der Waals surface area contributed by atoms with E-state index in [0.29, 0.717) is 12.2 Å². The predicted molar refractivity (Wildman–Crippen MR) is 67.4 cm³/mol. The lowest BCUT2D eigenvalue weighted by Gasteiger charge is -2.04. The minimum absolute atomic E-state index is 0.182. The number of rotatable bonds is 7. The van der Waals surface area contributed by atoms with Gasteiger partial charge in [0.2, 0.25) is 0 Å². The van der Waals surface area contributed by atoms with Crippen molar-refractivity contribution in [2.24, 2.45) is 5.92 Å². The summed E-state index contributed by atoms with van der Waals surface area (Å²) in [6, 6.07) is 1.78. The lowest BCUT2D eigenvalue weighted by Crippen LogP contribution is -2.13. The van der Waals surface area contributed by atoms with Crippen LogP contribution in [0.1, 0.15) is 43.0 Å². The first-order chi connectivity index (χ1) is 8.70. The van der Waals surface area contributed by atoms with Crippen molar-refractivity contribution in [3.05, 3.63) is 24.0 Å². The van der Waals surface area contributed by atoms with Gasteiger partial charge in [-0.3, -0.25) is 9.59 Å². The SMILES string of the molecule is CCCCOC(=O)Cn1ccc(C(=O)C2CC2)c1. The third-order valence-electron chi connectivity index (χ3n) is 3.06. The van der Waals surface area contributed by atoms with Crippen molar-refractivity contribution in [2.45, 2.75) is 39.2 Å². The molecule has 1 aliphatic carbocycles. The number of carbonyl (C=O) groups excluding carboxylic acids is 2. The van der Waals surface area contributed by atoms with E-state index in [-0.39, 0.29) is 24.2 Å². The van der Waals surface area contributed by atoms with Gasteiger partial charge in [-0.1, -0.05) is 13.3 Å². The molecule has 0 amide bonds. The minimum Gasteiger partial charge on any atom is -0.464 e. The van der Waals surface area contributed by atoms with E-state index in [9.17, 15) is 9.59 Å². The molecule has 1 aliphatic rings. The van der Waals surface area contributed by atoms with E-state index < -0.39 is 0 Å². The zero-order chi connectivity index (χ0) is 13.0. The quantitative estimate of drug-likeness (QED) is 0.423. The average Bonchev–Trinajstić information content (AvgIpc) is 3.10. The summed E-state index contributed by atoms with van der Waals surface area (Å²) in [4.78, 5) is 23.3. The highest BCUT2D eigenvalue weighted by Crippen LogP contribution is 2.32. The number of aromatic nitrogens is 1. The second-order valence-electron chi connectivity index (χ2n) is 4.79. The smallest absolute Gasteiger partial charge is 0.325 e. The number of nitrogens with zero attached hydrogens (tertiary/aromatic N) is 1. The number of hydrogen-bond donors (Lipinski definition) is 0. The maximum absolute atomic E-state index is 11.8. The lowest BCUT2D eigenvalue weighted by molar-refractivity contribution is -0.144. The zero-order valence-electron chi connectivity index (χ0n) is 10.7. The fourth-order valence-electron chi connectivity index (χ4n) is 1.79.